The van der Waals surface area contributed by atoms with E-state index in [4.69, 9.17) is 9.72 Å². The molecule has 2 aromatic heterocycles. The molecule has 0 amide bonds. The first-order valence-electron chi connectivity index (χ1n) is 7.15. The topological polar surface area (TPSA) is 22.1 Å². The van der Waals surface area contributed by atoms with Crippen LogP contribution in [0.4, 0.5) is 0 Å². The number of aryl methyl sites for hydroxylation is 2. The van der Waals surface area contributed by atoms with Crippen molar-refractivity contribution in [1.29, 1.82) is 0 Å². The van der Waals surface area contributed by atoms with Gasteiger partial charge in [0.2, 0.25) is 0 Å². The number of fused-ring (bicyclic) bond motifs is 1. The normalized spacial score (nSPS) is 13.1. The van der Waals surface area contributed by atoms with Crippen molar-refractivity contribution < 1.29 is 4.74 Å². The quantitative estimate of drug-likeness (QED) is 0.674. The minimum atomic E-state index is 0.335. The SMILES string of the molecule is CCCCC(CC)COc1nc2c(C)[se]c(C)c2[se]1. The molecule has 1 unspecified atom stereocenters. The van der Waals surface area contributed by atoms with Gasteiger partial charge >= 0.3 is 128 Å². The molecule has 0 spiro atoms. The van der Waals surface area contributed by atoms with E-state index in [1.165, 1.54) is 39.9 Å². The van der Waals surface area contributed by atoms with E-state index in [1.807, 2.05) is 0 Å². The van der Waals surface area contributed by atoms with Crippen LogP contribution in [-0.4, -0.2) is 40.6 Å². The van der Waals surface area contributed by atoms with Crippen LogP contribution in [0.25, 0.3) is 9.78 Å². The number of aromatic nitrogens is 1. The van der Waals surface area contributed by atoms with Crippen molar-refractivity contribution in [2.45, 2.75) is 53.4 Å². The molecule has 0 fully saturated rings. The van der Waals surface area contributed by atoms with Gasteiger partial charge in [-0.2, -0.15) is 0 Å². The summed E-state index contributed by atoms with van der Waals surface area (Å²) < 4.78 is 11.6. The van der Waals surface area contributed by atoms with E-state index in [9.17, 15) is 0 Å². The Labute approximate surface area is 128 Å². The van der Waals surface area contributed by atoms with Crippen LogP contribution in [0.15, 0.2) is 0 Å². The van der Waals surface area contributed by atoms with Crippen molar-refractivity contribution in [1.82, 2.24) is 4.98 Å². The molecule has 0 bridgehead atoms. The van der Waals surface area contributed by atoms with E-state index < -0.39 is 0 Å². The molecule has 0 aliphatic carbocycles. The molecule has 0 radical (unpaired) electrons. The van der Waals surface area contributed by atoms with E-state index in [2.05, 4.69) is 27.7 Å². The summed E-state index contributed by atoms with van der Waals surface area (Å²) in [5.41, 5.74) is 1.27. The molecule has 2 heterocycles. The molecule has 0 N–H and O–H groups in total. The Balaban J connectivity index is 1.99. The summed E-state index contributed by atoms with van der Waals surface area (Å²) in [6.07, 6.45) is 5.10. The summed E-state index contributed by atoms with van der Waals surface area (Å²) in [4.78, 5) is 4.73. The second-order valence-electron chi connectivity index (χ2n) is 5.10. The van der Waals surface area contributed by atoms with E-state index in [0.29, 0.717) is 34.9 Å². The van der Waals surface area contributed by atoms with Crippen molar-refractivity contribution in [3.63, 3.8) is 0 Å². The minimum absolute atomic E-state index is 0.335. The van der Waals surface area contributed by atoms with Gasteiger partial charge < -0.3 is 0 Å². The van der Waals surface area contributed by atoms with Gasteiger partial charge in [-0.15, -0.1) is 0 Å². The van der Waals surface area contributed by atoms with E-state index >= 15 is 0 Å². The Morgan fingerprint density at radius 3 is 2.58 bits per heavy atom. The fourth-order valence-corrected chi connectivity index (χ4v) is 7.20. The Morgan fingerprint density at radius 2 is 1.95 bits per heavy atom. The number of hydrogen-bond acceptors (Lipinski definition) is 2. The van der Waals surface area contributed by atoms with Crippen molar-refractivity contribution in [3.05, 3.63) is 8.87 Å². The van der Waals surface area contributed by atoms with Gasteiger partial charge in [-0.1, -0.05) is 0 Å². The van der Waals surface area contributed by atoms with Gasteiger partial charge in [-0.25, -0.2) is 0 Å². The molecule has 106 valence electrons. The third kappa shape index (κ3) is 3.76. The Morgan fingerprint density at radius 1 is 1.16 bits per heavy atom. The number of unbranched alkanes of at least 4 members (excludes halogenated alkanes) is 1. The summed E-state index contributed by atoms with van der Waals surface area (Å²) in [7, 11) is 0. The monoisotopic (exact) mass is 393 g/mol. The van der Waals surface area contributed by atoms with Crippen molar-refractivity contribution in [2.24, 2.45) is 5.92 Å². The van der Waals surface area contributed by atoms with Crippen LogP contribution in [0, 0.1) is 19.8 Å². The van der Waals surface area contributed by atoms with Crippen LogP contribution in [-0.2, 0) is 0 Å². The molecule has 0 aromatic carbocycles. The molecule has 0 saturated carbocycles. The fraction of sp³-hybridized carbons (Fsp3) is 0.667. The molecule has 2 aromatic rings. The average molecular weight is 391 g/mol. The summed E-state index contributed by atoms with van der Waals surface area (Å²) in [5, 5.41) is 0. The maximum absolute atomic E-state index is 6.00. The van der Waals surface area contributed by atoms with E-state index in [0.717, 1.165) is 11.4 Å². The molecular weight excluding hydrogens is 368 g/mol. The van der Waals surface area contributed by atoms with Crippen LogP contribution in [0.1, 0.15) is 48.4 Å². The Bertz CT molecular complexity index is 495. The second kappa shape index (κ2) is 7.13. The molecule has 2 rings (SSSR count). The van der Waals surface area contributed by atoms with Crippen LogP contribution in [0.3, 0.4) is 0 Å². The summed E-state index contributed by atoms with van der Waals surface area (Å²) in [5.74, 6) is 0.702. The van der Waals surface area contributed by atoms with E-state index in [-0.39, 0.29) is 0 Å². The Hall–Kier alpha value is -0.0110. The van der Waals surface area contributed by atoms with Gasteiger partial charge in [-0.3, -0.25) is 0 Å². The van der Waals surface area contributed by atoms with Crippen molar-refractivity contribution in [3.8, 4) is 4.75 Å². The van der Waals surface area contributed by atoms with Crippen LogP contribution in [0.5, 0.6) is 4.75 Å². The molecule has 1 atom stereocenters. The standard InChI is InChI=1S/C15H23NOSe2/c1-5-7-8-12(6-2)9-17-15-16-13-10(3)18-11(4)14(13)19-15/h12H,5-9H2,1-4H3. The predicted molar refractivity (Wildman–Crippen MR) is 83.9 cm³/mol. The molecule has 0 saturated heterocycles. The number of ether oxygens (including phenoxy) is 1. The molecule has 2 nitrogen and oxygen atoms in total. The van der Waals surface area contributed by atoms with Gasteiger partial charge in [0.25, 0.3) is 0 Å². The van der Waals surface area contributed by atoms with Crippen LogP contribution < -0.4 is 4.74 Å². The number of rotatable bonds is 7. The zero-order chi connectivity index (χ0) is 13.8. The predicted octanol–water partition coefficient (Wildman–Crippen LogP) is 3.56. The second-order valence-corrected chi connectivity index (χ2v) is 10.1. The van der Waals surface area contributed by atoms with Crippen LogP contribution >= 0.6 is 0 Å². The van der Waals surface area contributed by atoms with Gasteiger partial charge in [-0.05, 0) is 0 Å². The van der Waals surface area contributed by atoms with Crippen molar-refractivity contribution in [2.75, 3.05) is 6.61 Å². The molecule has 0 aliphatic heterocycles. The summed E-state index contributed by atoms with van der Waals surface area (Å²) >= 11 is 0.899. The first-order valence-corrected chi connectivity index (χ1v) is 10.6. The first kappa shape index (κ1) is 15.4. The van der Waals surface area contributed by atoms with Crippen molar-refractivity contribution >= 4 is 38.8 Å². The third-order valence-corrected chi connectivity index (χ3v) is 8.61. The molecule has 19 heavy (non-hydrogen) atoms. The van der Waals surface area contributed by atoms with Crippen LogP contribution in [0.2, 0.25) is 0 Å². The van der Waals surface area contributed by atoms with E-state index in [1.54, 1.807) is 4.44 Å². The first-order chi connectivity index (χ1) is 9.15. The summed E-state index contributed by atoms with van der Waals surface area (Å²) in [6.45, 7) is 9.88. The zero-order valence-electron chi connectivity index (χ0n) is 12.3. The average Bonchev–Trinajstić information content (AvgIpc) is 2.92. The molecule has 4 heteroatoms. The van der Waals surface area contributed by atoms with Gasteiger partial charge in [0.1, 0.15) is 0 Å². The number of nitrogens with zero attached hydrogens (tertiary/aromatic N) is 1. The zero-order valence-corrected chi connectivity index (χ0v) is 15.7. The number of hydrogen-bond donors (Lipinski definition) is 0. The third-order valence-electron chi connectivity index (χ3n) is 3.55. The maximum atomic E-state index is 6.00. The van der Waals surface area contributed by atoms with Gasteiger partial charge in [0.05, 0.1) is 0 Å². The van der Waals surface area contributed by atoms with Gasteiger partial charge in [0, 0.05) is 0 Å². The molecular formula is C15H23NOSe2. The van der Waals surface area contributed by atoms with Gasteiger partial charge in [0.15, 0.2) is 0 Å². The summed E-state index contributed by atoms with van der Waals surface area (Å²) in [6, 6.07) is 0. The Kier molecular flexibility index (Phi) is 5.77. The molecule has 0 aliphatic rings. The fourth-order valence-electron chi connectivity index (χ4n) is 2.25.